The number of rotatable bonds is 13. The lowest BCUT2D eigenvalue weighted by atomic mass is 9.84. The van der Waals surface area contributed by atoms with E-state index in [0.29, 0.717) is 49.8 Å². The van der Waals surface area contributed by atoms with Crippen LogP contribution in [-0.4, -0.2) is 71.0 Å². The lowest BCUT2D eigenvalue weighted by molar-refractivity contribution is -0.143. The topological polar surface area (TPSA) is 132 Å². The zero-order chi connectivity index (χ0) is 29.6. The van der Waals surface area contributed by atoms with E-state index < -0.39 is 23.8 Å². The van der Waals surface area contributed by atoms with Gasteiger partial charge in [-0.15, -0.1) is 0 Å². The second-order valence-corrected chi connectivity index (χ2v) is 10.8. The maximum atomic E-state index is 14.0. The van der Waals surface area contributed by atoms with Crippen molar-refractivity contribution in [2.45, 2.75) is 51.2 Å². The molecule has 2 aromatic carbocycles. The van der Waals surface area contributed by atoms with Crippen LogP contribution in [0.5, 0.6) is 17.2 Å². The second-order valence-electron chi connectivity index (χ2n) is 10.8. The standard InChI is InChI=1S/C31H39N5O6/c1-3-4-10-36(23-7-5-6-21(13-23)16-32)28(37)18-35-17-24(22-14-26(40-2)30-27(15-22)41-20-42-30)29(31(38)39)25(35)8-11-34-12-9-33-19-34/h5-7,9,12-15,19,24-25,29H,3-4,8,10-11,16-18,20,32H2,1-2H3,(H,38,39). The number of nitrogens with zero attached hydrogens (tertiary/aromatic N) is 4. The van der Waals surface area contributed by atoms with Crippen LogP contribution in [0, 0.1) is 5.92 Å². The van der Waals surface area contributed by atoms with Crippen LogP contribution in [0.25, 0.3) is 0 Å². The minimum absolute atomic E-state index is 0.0710. The Morgan fingerprint density at radius 3 is 2.81 bits per heavy atom. The van der Waals surface area contributed by atoms with Crippen molar-refractivity contribution in [2.75, 3.05) is 38.4 Å². The summed E-state index contributed by atoms with van der Waals surface area (Å²) < 4.78 is 18.7. The lowest BCUT2D eigenvalue weighted by Gasteiger charge is -2.30. The number of methoxy groups -OCH3 is 1. The number of carboxylic acids is 1. The Bertz CT molecular complexity index is 1380. The molecule has 3 N–H and O–H groups in total. The van der Waals surface area contributed by atoms with Crippen molar-refractivity contribution in [2.24, 2.45) is 11.7 Å². The summed E-state index contributed by atoms with van der Waals surface area (Å²) in [5.74, 6) is -0.574. The number of aromatic nitrogens is 2. The molecular weight excluding hydrogens is 538 g/mol. The van der Waals surface area contributed by atoms with Gasteiger partial charge in [-0.1, -0.05) is 25.5 Å². The van der Waals surface area contributed by atoms with Crippen molar-refractivity contribution in [3.63, 3.8) is 0 Å². The number of hydrogen-bond acceptors (Lipinski definition) is 8. The van der Waals surface area contributed by atoms with Crippen LogP contribution in [0.3, 0.4) is 0 Å². The molecule has 2 aliphatic rings. The Balaban J connectivity index is 1.47. The van der Waals surface area contributed by atoms with Crippen LogP contribution in [-0.2, 0) is 22.7 Å². The van der Waals surface area contributed by atoms with Gasteiger partial charge in [-0.25, -0.2) is 4.98 Å². The van der Waals surface area contributed by atoms with E-state index in [1.54, 1.807) is 19.6 Å². The van der Waals surface area contributed by atoms with Crippen molar-refractivity contribution < 1.29 is 28.9 Å². The number of unbranched alkanes of at least 4 members (excludes halogenated alkanes) is 1. The Labute approximate surface area is 245 Å². The van der Waals surface area contributed by atoms with Crippen LogP contribution < -0.4 is 24.8 Å². The monoisotopic (exact) mass is 577 g/mol. The number of carbonyl (C=O) groups is 2. The van der Waals surface area contributed by atoms with Crippen molar-refractivity contribution in [1.29, 1.82) is 0 Å². The maximum Gasteiger partial charge on any atom is 0.308 e. The average molecular weight is 578 g/mol. The van der Waals surface area contributed by atoms with E-state index in [4.69, 9.17) is 19.9 Å². The summed E-state index contributed by atoms with van der Waals surface area (Å²) in [6, 6.07) is 11.0. The minimum atomic E-state index is -0.902. The molecule has 0 bridgehead atoms. The lowest BCUT2D eigenvalue weighted by Crippen LogP contribution is -2.45. The number of ether oxygens (including phenoxy) is 3. The van der Waals surface area contributed by atoms with E-state index >= 15 is 0 Å². The highest BCUT2D eigenvalue weighted by Crippen LogP contribution is 2.47. The fourth-order valence-corrected chi connectivity index (χ4v) is 6.08. The van der Waals surface area contributed by atoms with Gasteiger partial charge in [0.15, 0.2) is 11.5 Å². The summed E-state index contributed by atoms with van der Waals surface area (Å²) in [4.78, 5) is 34.9. The first-order valence-corrected chi connectivity index (χ1v) is 14.4. The van der Waals surface area contributed by atoms with E-state index in [-0.39, 0.29) is 19.2 Å². The number of benzene rings is 2. The predicted molar refractivity (Wildman–Crippen MR) is 157 cm³/mol. The molecule has 11 heteroatoms. The van der Waals surface area contributed by atoms with E-state index in [0.717, 1.165) is 29.7 Å². The highest BCUT2D eigenvalue weighted by atomic mass is 16.7. The summed E-state index contributed by atoms with van der Waals surface area (Å²) in [7, 11) is 1.55. The molecule has 0 saturated carbocycles. The first-order chi connectivity index (χ1) is 20.4. The number of aliphatic carboxylic acids is 1. The van der Waals surface area contributed by atoms with Gasteiger partial charge < -0.3 is 34.5 Å². The van der Waals surface area contributed by atoms with E-state index in [1.165, 1.54) is 0 Å². The van der Waals surface area contributed by atoms with Crippen LogP contribution in [0.15, 0.2) is 55.1 Å². The largest absolute Gasteiger partial charge is 0.493 e. The van der Waals surface area contributed by atoms with Gasteiger partial charge in [0.05, 0.1) is 25.9 Å². The molecule has 11 nitrogen and oxygen atoms in total. The number of amides is 1. The Morgan fingerprint density at radius 1 is 1.24 bits per heavy atom. The molecule has 0 radical (unpaired) electrons. The quantitative estimate of drug-likeness (QED) is 0.313. The van der Waals surface area contributed by atoms with Gasteiger partial charge in [0.2, 0.25) is 18.4 Å². The Hall–Kier alpha value is -4.09. The normalized spacial score (nSPS) is 19.6. The van der Waals surface area contributed by atoms with E-state index in [9.17, 15) is 14.7 Å². The molecule has 0 spiro atoms. The number of likely N-dealkylation sites (tertiary alicyclic amines) is 1. The first kappa shape index (κ1) is 29.4. The van der Waals surface area contributed by atoms with Gasteiger partial charge in [0.25, 0.3) is 0 Å². The fourth-order valence-electron chi connectivity index (χ4n) is 6.08. The highest BCUT2D eigenvalue weighted by Gasteiger charge is 2.47. The molecule has 1 saturated heterocycles. The van der Waals surface area contributed by atoms with E-state index in [2.05, 4.69) is 11.9 Å². The van der Waals surface area contributed by atoms with Crippen LogP contribution in [0.2, 0.25) is 0 Å². The second kappa shape index (κ2) is 13.3. The summed E-state index contributed by atoms with van der Waals surface area (Å²) in [6.45, 7) is 4.18. The van der Waals surface area contributed by atoms with Crippen LogP contribution in [0.4, 0.5) is 5.69 Å². The molecule has 42 heavy (non-hydrogen) atoms. The molecule has 2 aliphatic heterocycles. The number of fused-ring (bicyclic) bond motifs is 1. The molecule has 1 fully saturated rings. The fraction of sp³-hybridized carbons (Fsp3) is 0.452. The Morgan fingerprint density at radius 2 is 2.10 bits per heavy atom. The van der Waals surface area contributed by atoms with Gasteiger partial charge in [-0.05, 0) is 48.2 Å². The molecule has 5 rings (SSSR count). The number of aryl methyl sites for hydroxylation is 1. The molecule has 3 aromatic rings. The first-order valence-electron chi connectivity index (χ1n) is 14.4. The molecule has 3 heterocycles. The molecule has 3 unspecified atom stereocenters. The van der Waals surface area contributed by atoms with Crippen molar-refractivity contribution in [3.8, 4) is 17.2 Å². The van der Waals surface area contributed by atoms with Crippen LogP contribution >= 0.6 is 0 Å². The summed E-state index contributed by atoms with van der Waals surface area (Å²) >= 11 is 0. The van der Waals surface area contributed by atoms with Crippen molar-refractivity contribution in [3.05, 3.63) is 66.2 Å². The highest BCUT2D eigenvalue weighted by molar-refractivity contribution is 5.95. The molecular formula is C31H39N5O6. The SMILES string of the molecule is CCCCN(C(=O)CN1CC(c2cc(OC)c3c(c2)OCO3)C(C(=O)O)C1CCn1ccnc1)c1cccc(CN)c1. The zero-order valence-electron chi connectivity index (χ0n) is 24.1. The van der Waals surface area contributed by atoms with Gasteiger partial charge >= 0.3 is 5.97 Å². The minimum Gasteiger partial charge on any atom is -0.493 e. The summed E-state index contributed by atoms with van der Waals surface area (Å²) in [5, 5.41) is 10.6. The third-order valence-electron chi connectivity index (χ3n) is 8.22. The third kappa shape index (κ3) is 6.22. The van der Waals surface area contributed by atoms with Crippen LogP contribution in [0.1, 0.15) is 43.2 Å². The number of nitrogens with two attached hydrogens (primary N) is 1. The number of hydrogen-bond donors (Lipinski definition) is 2. The third-order valence-corrected chi connectivity index (χ3v) is 8.22. The molecule has 1 aromatic heterocycles. The average Bonchev–Trinajstić information content (AvgIpc) is 3.76. The van der Waals surface area contributed by atoms with Gasteiger partial charge in [0, 0.05) is 56.2 Å². The number of carboxylic acid groups (broad SMARTS) is 1. The molecule has 3 atom stereocenters. The number of carbonyl (C=O) groups excluding carboxylic acids is 1. The number of anilines is 1. The van der Waals surface area contributed by atoms with Crippen molar-refractivity contribution >= 4 is 17.6 Å². The van der Waals surface area contributed by atoms with Gasteiger partial charge in [-0.2, -0.15) is 0 Å². The van der Waals surface area contributed by atoms with Crippen molar-refractivity contribution in [1.82, 2.24) is 14.5 Å². The molecule has 224 valence electrons. The number of imidazole rings is 1. The van der Waals surface area contributed by atoms with Gasteiger partial charge in [-0.3, -0.25) is 14.5 Å². The smallest absolute Gasteiger partial charge is 0.308 e. The summed E-state index contributed by atoms with van der Waals surface area (Å²) in [6.07, 6.45) is 7.60. The zero-order valence-corrected chi connectivity index (χ0v) is 24.1. The Kier molecular flexibility index (Phi) is 9.28. The maximum absolute atomic E-state index is 14.0. The molecule has 1 amide bonds. The van der Waals surface area contributed by atoms with Gasteiger partial charge in [0.1, 0.15) is 0 Å². The molecule has 0 aliphatic carbocycles. The predicted octanol–water partition coefficient (Wildman–Crippen LogP) is 3.47. The van der Waals surface area contributed by atoms with E-state index in [1.807, 2.05) is 57.0 Å². The summed E-state index contributed by atoms with van der Waals surface area (Å²) in [5.41, 5.74) is 8.42.